The largest absolute Gasteiger partial charge is 0.458 e. The normalized spacial score (nSPS) is 13.5. The first-order valence-electron chi connectivity index (χ1n) is 12.1. The Morgan fingerprint density at radius 1 is 0.647 bits per heavy atom. The molecule has 0 aromatic heterocycles. The molecule has 3 aromatic carbocycles. The van der Waals surface area contributed by atoms with Crippen LogP contribution in [-0.2, 0) is 9.47 Å². The number of ether oxygens (including phenoxy) is 2. The minimum Gasteiger partial charge on any atom is -0.458 e. The third-order valence-electron chi connectivity index (χ3n) is 6.44. The van der Waals surface area contributed by atoms with Crippen molar-refractivity contribution in [2.45, 2.75) is 58.5 Å². The van der Waals surface area contributed by atoms with E-state index in [1.165, 1.54) is 11.1 Å². The summed E-state index contributed by atoms with van der Waals surface area (Å²) in [6.07, 6.45) is 1.37. The Balaban J connectivity index is 1.69. The monoisotopic (exact) mass is 458 g/mol. The van der Waals surface area contributed by atoms with E-state index in [0.29, 0.717) is 23.0 Å². The Morgan fingerprint density at radius 3 is 1.59 bits per heavy atom. The third kappa shape index (κ3) is 6.57. The van der Waals surface area contributed by atoms with E-state index in [2.05, 4.69) is 27.7 Å². The molecule has 0 N–H and O–H groups in total. The number of hydrogen-bond acceptors (Lipinski definition) is 4. The SMILES string of the molecule is CCC(C)c1ccc(C(=O)OCC(OC(=O)c2ccc(C(C)CC)cc2)c2ccccc2)cc1. The fourth-order valence-corrected chi connectivity index (χ4v) is 3.66. The van der Waals surface area contributed by atoms with E-state index in [0.717, 1.165) is 18.4 Å². The minimum absolute atomic E-state index is 0.0628. The first kappa shape index (κ1) is 25.2. The van der Waals surface area contributed by atoms with Gasteiger partial charge in [-0.25, -0.2) is 9.59 Å². The van der Waals surface area contributed by atoms with E-state index in [1.54, 1.807) is 24.3 Å². The van der Waals surface area contributed by atoms with E-state index in [9.17, 15) is 9.59 Å². The molecule has 0 spiro atoms. The van der Waals surface area contributed by atoms with Gasteiger partial charge in [0.1, 0.15) is 6.61 Å². The van der Waals surface area contributed by atoms with Gasteiger partial charge in [0.05, 0.1) is 11.1 Å². The maximum absolute atomic E-state index is 12.9. The Bertz CT molecular complexity index is 1060. The molecule has 0 saturated heterocycles. The van der Waals surface area contributed by atoms with Crippen molar-refractivity contribution in [2.75, 3.05) is 6.61 Å². The molecular weight excluding hydrogens is 424 g/mol. The quantitative estimate of drug-likeness (QED) is 0.296. The molecule has 3 atom stereocenters. The van der Waals surface area contributed by atoms with Gasteiger partial charge in [-0.2, -0.15) is 0 Å². The molecule has 0 aliphatic carbocycles. The van der Waals surface area contributed by atoms with Crippen molar-refractivity contribution in [3.05, 3.63) is 107 Å². The van der Waals surface area contributed by atoms with Crippen molar-refractivity contribution < 1.29 is 19.1 Å². The van der Waals surface area contributed by atoms with Crippen molar-refractivity contribution >= 4 is 11.9 Å². The molecule has 0 aliphatic heterocycles. The van der Waals surface area contributed by atoms with Crippen molar-refractivity contribution in [2.24, 2.45) is 0 Å². The Hall–Kier alpha value is -3.40. The van der Waals surface area contributed by atoms with Crippen LogP contribution in [0.3, 0.4) is 0 Å². The first-order valence-corrected chi connectivity index (χ1v) is 12.1. The lowest BCUT2D eigenvalue weighted by Crippen LogP contribution is -2.19. The highest BCUT2D eigenvalue weighted by Crippen LogP contribution is 2.23. The van der Waals surface area contributed by atoms with Gasteiger partial charge >= 0.3 is 11.9 Å². The summed E-state index contributed by atoms with van der Waals surface area (Å²) < 4.78 is 11.3. The molecule has 4 nitrogen and oxygen atoms in total. The fraction of sp³-hybridized carbons (Fsp3) is 0.333. The smallest absolute Gasteiger partial charge is 0.338 e. The lowest BCUT2D eigenvalue weighted by molar-refractivity contribution is -0.00133. The van der Waals surface area contributed by atoms with Gasteiger partial charge < -0.3 is 9.47 Å². The maximum Gasteiger partial charge on any atom is 0.338 e. The second kappa shape index (κ2) is 12.2. The van der Waals surface area contributed by atoms with Crippen molar-refractivity contribution in [3.8, 4) is 0 Å². The standard InChI is InChI=1S/C30H34O4/c1-5-21(3)23-12-16-26(17-13-23)29(31)33-20-28(25-10-8-7-9-11-25)34-30(32)27-18-14-24(15-19-27)22(4)6-2/h7-19,21-22,28H,5-6,20H2,1-4H3. The zero-order valence-corrected chi connectivity index (χ0v) is 20.5. The second-order valence-electron chi connectivity index (χ2n) is 8.77. The summed E-state index contributed by atoms with van der Waals surface area (Å²) in [6.45, 7) is 8.53. The molecular formula is C30H34O4. The van der Waals surface area contributed by atoms with Crippen LogP contribution in [0.4, 0.5) is 0 Å². The zero-order valence-electron chi connectivity index (χ0n) is 20.5. The highest BCUT2D eigenvalue weighted by Gasteiger charge is 2.21. The summed E-state index contributed by atoms with van der Waals surface area (Å²) in [7, 11) is 0. The van der Waals surface area contributed by atoms with E-state index in [1.807, 2.05) is 54.6 Å². The van der Waals surface area contributed by atoms with Gasteiger partial charge in [-0.1, -0.05) is 82.3 Å². The van der Waals surface area contributed by atoms with Crippen LogP contribution in [0.5, 0.6) is 0 Å². The van der Waals surface area contributed by atoms with Crippen LogP contribution in [0.15, 0.2) is 78.9 Å². The minimum atomic E-state index is -0.703. The zero-order chi connectivity index (χ0) is 24.5. The molecule has 0 fully saturated rings. The predicted octanol–water partition coefficient (Wildman–Crippen LogP) is 7.47. The summed E-state index contributed by atoms with van der Waals surface area (Å²) in [5, 5.41) is 0. The number of benzene rings is 3. The molecule has 34 heavy (non-hydrogen) atoms. The molecule has 3 rings (SSSR count). The van der Waals surface area contributed by atoms with E-state index < -0.39 is 18.0 Å². The van der Waals surface area contributed by atoms with Crippen molar-refractivity contribution in [1.29, 1.82) is 0 Å². The van der Waals surface area contributed by atoms with Crippen LogP contribution in [0.25, 0.3) is 0 Å². The van der Waals surface area contributed by atoms with Gasteiger partial charge in [0.2, 0.25) is 0 Å². The topological polar surface area (TPSA) is 52.6 Å². The molecule has 0 heterocycles. The van der Waals surface area contributed by atoms with Crippen molar-refractivity contribution in [3.63, 3.8) is 0 Å². The van der Waals surface area contributed by atoms with Gasteiger partial charge in [0.15, 0.2) is 6.10 Å². The van der Waals surface area contributed by atoms with E-state index in [-0.39, 0.29) is 6.61 Å². The number of hydrogen-bond donors (Lipinski definition) is 0. The highest BCUT2D eigenvalue weighted by atomic mass is 16.6. The molecule has 0 radical (unpaired) electrons. The summed E-state index contributed by atoms with van der Waals surface area (Å²) >= 11 is 0. The average molecular weight is 459 g/mol. The summed E-state index contributed by atoms with van der Waals surface area (Å²) in [4.78, 5) is 25.5. The number of rotatable bonds is 10. The Kier molecular flexibility index (Phi) is 9.03. The third-order valence-corrected chi connectivity index (χ3v) is 6.44. The van der Waals surface area contributed by atoms with Crippen LogP contribution in [0.1, 0.15) is 95.9 Å². The molecule has 0 amide bonds. The Labute approximate surface area is 202 Å². The van der Waals surface area contributed by atoms with Crippen LogP contribution < -0.4 is 0 Å². The second-order valence-corrected chi connectivity index (χ2v) is 8.77. The maximum atomic E-state index is 12.9. The van der Waals surface area contributed by atoms with E-state index >= 15 is 0 Å². The van der Waals surface area contributed by atoms with Crippen LogP contribution in [0, 0.1) is 0 Å². The summed E-state index contributed by atoms with van der Waals surface area (Å²) in [5.41, 5.74) is 4.10. The van der Waals surface area contributed by atoms with Crippen LogP contribution in [-0.4, -0.2) is 18.5 Å². The molecule has 0 saturated carbocycles. The van der Waals surface area contributed by atoms with E-state index in [4.69, 9.17) is 9.47 Å². The number of esters is 2. The van der Waals surface area contributed by atoms with Gasteiger partial charge in [0, 0.05) is 0 Å². The van der Waals surface area contributed by atoms with Crippen LogP contribution in [0.2, 0.25) is 0 Å². The summed E-state index contributed by atoms with van der Waals surface area (Å²) in [5.74, 6) is -0.0175. The highest BCUT2D eigenvalue weighted by molar-refractivity contribution is 5.90. The molecule has 178 valence electrons. The average Bonchev–Trinajstić information content (AvgIpc) is 2.90. The predicted molar refractivity (Wildman–Crippen MR) is 135 cm³/mol. The number of carbonyl (C=O) groups is 2. The Morgan fingerprint density at radius 2 is 1.12 bits per heavy atom. The first-order chi connectivity index (χ1) is 16.4. The molecule has 0 aliphatic rings. The molecule has 0 bridgehead atoms. The van der Waals surface area contributed by atoms with Gasteiger partial charge in [-0.3, -0.25) is 0 Å². The lowest BCUT2D eigenvalue weighted by atomic mass is 9.98. The summed E-state index contributed by atoms with van der Waals surface area (Å²) in [6, 6.07) is 24.3. The molecule has 3 unspecified atom stereocenters. The van der Waals surface area contributed by atoms with Gasteiger partial charge in [0.25, 0.3) is 0 Å². The fourth-order valence-electron chi connectivity index (χ4n) is 3.66. The number of carbonyl (C=O) groups excluding carboxylic acids is 2. The van der Waals surface area contributed by atoms with Gasteiger partial charge in [-0.15, -0.1) is 0 Å². The van der Waals surface area contributed by atoms with Gasteiger partial charge in [-0.05, 0) is 65.6 Å². The molecule has 4 heteroatoms. The molecule has 3 aromatic rings. The van der Waals surface area contributed by atoms with Crippen LogP contribution >= 0.6 is 0 Å². The van der Waals surface area contributed by atoms with Crippen molar-refractivity contribution in [1.82, 2.24) is 0 Å². The lowest BCUT2D eigenvalue weighted by Gasteiger charge is -2.19.